The summed E-state index contributed by atoms with van der Waals surface area (Å²) < 4.78 is 12.0. The number of aromatic carboxylic acids is 1. The molecule has 158 valence electrons. The smallest absolute Gasteiger partial charge is 0.870 e. The Labute approximate surface area is 219 Å². The van der Waals surface area contributed by atoms with Crippen molar-refractivity contribution in [1.82, 2.24) is 0 Å². The molecule has 2 aliphatic heterocycles. The molecule has 1 saturated carbocycles. The molecule has 0 radical (unpaired) electrons. The number of carboxylic acids is 1. The number of nitrogens with zero attached hydrogens (tertiary/aromatic N) is 1. The van der Waals surface area contributed by atoms with E-state index in [-0.39, 0.29) is 105 Å². The van der Waals surface area contributed by atoms with Gasteiger partial charge in [0, 0.05) is 0 Å². The van der Waals surface area contributed by atoms with Crippen molar-refractivity contribution in [3.05, 3.63) is 23.3 Å². The summed E-state index contributed by atoms with van der Waals surface area (Å²) in [5.74, 6) is -1.00. The number of benzene rings is 1. The van der Waals surface area contributed by atoms with Crippen LogP contribution in [0.1, 0.15) is 28.8 Å². The first-order valence-corrected chi connectivity index (χ1v) is 9.06. The molecule has 2 fully saturated rings. The molecule has 30 heavy (non-hydrogen) atoms. The van der Waals surface area contributed by atoms with Gasteiger partial charge in [0.1, 0.15) is 24.4 Å². The fourth-order valence-electron chi connectivity index (χ4n) is 4.22. The van der Waals surface area contributed by atoms with Crippen LogP contribution in [0.2, 0.25) is 6.32 Å². The SMILES string of the molecule is C[N+]1(CC2(N)CC2)CC(Oc2ccc3c(c2C(=O)O)O[B-](O)(O)CC3)C1.[Na+].[Na+].[OH-].[OH-]. The molecule has 4 rings (SSSR count). The normalized spacial score (nSPS) is 26.5. The number of aryl methyl sites for hydroxylation is 1. The fraction of sp³-hybridized carbons (Fsp3) is 0.588. The van der Waals surface area contributed by atoms with Gasteiger partial charge in [0.15, 0.2) is 6.10 Å². The zero-order valence-corrected chi connectivity index (χ0v) is 21.7. The largest absolute Gasteiger partial charge is 1.00 e. The number of rotatable bonds is 5. The van der Waals surface area contributed by atoms with Gasteiger partial charge >= 0.3 is 71.8 Å². The standard InChI is InChI=1S/C17H25BN2O6.2Na.2H2O/c1-20(10-17(19)5-6-17)8-12(9-20)25-13-3-2-11-4-7-18(23,24)26-15(11)14(13)16(21)22;;;;/h2-3,12,23-24H,4-10,19H2,1H3,(H,21,22);;;2*1H2/q;2*+1;;/p-2. The summed E-state index contributed by atoms with van der Waals surface area (Å²) in [6, 6.07) is 3.36. The summed E-state index contributed by atoms with van der Waals surface area (Å²) in [5.41, 5.74) is 6.67. The van der Waals surface area contributed by atoms with Crippen molar-refractivity contribution in [2.75, 3.05) is 26.7 Å². The van der Waals surface area contributed by atoms with Crippen LogP contribution in [0.3, 0.4) is 0 Å². The molecule has 0 spiro atoms. The Bertz CT molecular complexity index is 772. The van der Waals surface area contributed by atoms with Gasteiger partial charge < -0.3 is 45.7 Å². The molecule has 0 bridgehead atoms. The number of fused-ring (bicyclic) bond motifs is 1. The molecule has 7 N–H and O–H groups in total. The van der Waals surface area contributed by atoms with Crippen LogP contribution in [0.5, 0.6) is 11.5 Å². The molecule has 3 aliphatic rings. The van der Waals surface area contributed by atoms with E-state index in [0.717, 1.165) is 37.0 Å². The Morgan fingerprint density at radius 3 is 2.43 bits per heavy atom. The van der Waals surface area contributed by atoms with Crippen LogP contribution < -0.4 is 74.2 Å². The third-order valence-corrected chi connectivity index (χ3v) is 5.68. The maximum absolute atomic E-state index is 11.8. The zero-order chi connectivity index (χ0) is 18.7. The molecule has 10 nitrogen and oxygen atoms in total. The minimum atomic E-state index is -3.03. The van der Waals surface area contributed by atoms with Crippen molar-refractivity contribution in [2.45, 2.75) is 37.2 Å². The summed E-state index contributed by atoms with van der Waals surface area (Å²) in [4.78, 5) is 11.8. The topological polar surface area (TPSA) is 182 Å². The predicted octanol–water partition coefficient (Wildman–Crippen LogP) is -6.40. The van der Waals surface area contributed by atoms with Crippen LogP contribution in [0.4, 0.5) is 0 Å². The van der Waals surface area contributed by atoms with E-state index in [4.69, 9.17) is 15.1 Å². The van der Waals surface area contributed by atoms with E-state index in [0.29, 0.717) is 12.0 Å². The van der Waals surface area contributed by atoms with Gasteiger partial charge in [0.25, 0.3) is 0 Å². The average molecular weight is 444 g/mol. The molecule has 0 unspecified atom stereocenters. The number of carboxylic acid groups (broad SMARTS) is 1. The Balaban J connectivity index is 0.00000210. The minimum absolute atomic E-state index is 0. The number of quaternary nitrogens is 1. The van der Waals surface area contributed by atoms with Crippen LogP contribution >= 0.6 is 0 Å². The summed E-state index contributed by atoms with van der Waals surface area (Å²) >= 11 is 0. The zero-order valence-electron chi connectivity index (χ0n) is 17.7. The van der Waals surface area contributed by atoms with Crippen molar-refractivity contribution >= 4 is 12.7 Å². The van der Waals surface area contributed by atoms with Crippen molar-refractivity contribution < 1.29 is 104 Å². The monoisotopic (exact) mass is 444 g/mol. The van der Waals surface area contributed by atoms with Crippen LogP contribution in [0.25, 0.3) is 0 Å². The number of hydrogen-bond acceptors (Lipinski definition) is 8. The third kappa shape index (κ3) is 6.34. The van der Waals surface area contributed by atoms with Crippen molar-refractivity contribution in [1.29, 1.82) is 0 Å². The molecule has 0 atom stereocenters. The van der Waals surface area contributed by atoms with Crippen LogP contribution in [0, 0.1) is 0 Å². The summed E-state index contributed by atoms with van der Waals surface area (Å²) in [7, 11) is 2.13. The quantitative estimate of drug-likeness (QED) is 0.254. The van der Waals surface area contributed by atoms with E-state index < -0.39 is 12.7 Å². The Hall–Kier alpha value is 0.115. The second kappa shape index (κ2) is 10.4. The Morgan fingerprint density at radius 2 is 1.90 bits per heavy atom. The van der Waals surface area contributed by atoms with E-state index in [1.54, 1.807) is 12.1 Å². The van der Waals surface area contributed by atoms with Crippen molar-refractivity contribution in [3.8, 4) is 11.5 Å². The fourth-order valence-corrected chi connectivity index (χ4v) is 4.22. The summed E-state index contributed by atoms with van der Waals surface area (Å²) in [6.45, 7) is -0.588. The van der Waals surface area contributed by atoms with Gasteiger partial charge in [0.05, 0.1) is 24.9 Å². The van der Waals surface area contributed by atoms with Crippen molar-refractivity contribution in [3.63, 3.8) is 0 Å². The van der Waals surface area contributed by atoms with Gasteiger partial charge in [0.2, 0.25) is 0 Å². The molecule has 13 heteroatoms. The summed E-state index contributed by atoms with van der Waals surface area (Å²) in [6.07, 6.45) is 2.42. The van der Waals surface area contributed by atoms with E-state index in [1.807, 2.05) is 0 Å². The van der Waals surface area contributed by atoms with Crippen molar-refractivity contribution in [2.24, 2.45) is 5.73 Å². The first-order valence-electron chi connectivity index (χ1n) is 9.06. The summed E-state index contributed by atoms with van der Waals surface area (Å²) in [5, 5.41) is 29.2. The van der Waals surface area contributed by atoms with E-state index >= 15 is 0 Å². The van der Waals surface area contributed by atoms with Crippen LogP contribution in [-0.2, 0) is 6.42 Å². The number of carbonyl (C=O) groups is 1. The van der Waals surface area contributed by atoms with E-state index in [2.05, 4.69) is 7.05 Å². The Morgan fingerprint density at radius 1 is 1.30 bits per heavy atom. The first-order chi connectivity index (χ1) is 12.1. The van der Waals surface area contributed by atoms with Gasteiger partial charge in [-0.1, -0.05) is 12.4 Å². The molecule has 1 aromatic carbocycles. The number of likely N-dealkylation sites (tertiary alicyclic amines) is 1. The van der Waals surface area contributed by atoms with Gasteiger partial charge in [-0.25, -0.2) is 4.79 Å². The van der Waals surface area contributed by atoms with Gasteiger partial charge in [-0.15, -0.1) is 0 Å². The molecular weight excluding hydrogens is 417 g/mol. The molecular formula is C17H27BN2Na2O8. The number of hydrogen-bond donors (Lipinski definition) is 4. The van der Waals surface area contributed by atoms with Gasteiger partial charge in [-0.3, -0.25) is 0 Å². The molecule has 0 aromatic heterocycles. The average Bonchev–Trinajstić information content (AvgIpc) is 3.20. The molecule has 2 heterocycles. The van der Waals surface area contributed by atoms with E-state index in [9.17, 15) is 19.9 Å². The minimum Gasteiger partial charge on any atom is -0.870 e. The first kappa shape index (κ1) is 30.1. The second-order valence-corrected chi connectivity index (χ2v) is 8.49. The predicted molar refractivity (Wildman–Crippen MR) is 98.0 cm³/mol. The van der Waals surface area contributed by atoms with E-state index in [1.165, 1.54) is 0 Å². The number of likely N-dealkylation sites (N-methyl/N-ethyl adjacent to an activating group) is 1. The molecule has 0 amide bonds. The molecule has 1 aromatic rings. The van der Waals surface area contributed by atoms with Gasteiger partial charge in [-0.2, -0.15) is 0 Å². The maximum atomic E-state index is 11.8. The molecule has 1 saturated heterocycles. The second-order valence-electron chi connectivity index (χ2n) is 8.49. The van der Waals surface area contributed by atoms with Crippen LogP contribution in [0.15, 0.2) is 12.1 Å². The van der Waals surface area contributed by atoms with Crippen LogP contribution in [-0.4, -0.2) is 81.6 Å². The number of ether oxygens (including phenoxy) is 1. The Kier molecular flexibility index (Phi) is 10.4. The third-order valence-electron chi connectivity index (χ3n) is 5.68. The maximum Gasteiger partial charge on any atom is 1.00 e. The number of nitrogens with two attached hydrogens (primary N) is 1. The molecule has 1 aliphatic carbocycles. The van der Waals surface area contributed by atoms with Gasteiger partial charge in [-0.05, 0) is 30.9 Å².